The Morgan fingerprint density at radius 2 is 1.58 bits per heavy atom. The van der Waals surface area contributed by atoms with E-state index in [2.05, 4.69) is 10.6 Å². The lowest BCUT2D eigenvalue weighted by atomic mass is 9.98. The van der Waals surface area contributed by atoms with Crippen LogP contribution in [-0.4, -0.2) is 52.1 Å². The molecule has 0 aromatic rings. The van der Waals surface area contributed by atoms with Gasteiger partial charge in [0.15, 0.2) is 0 Å². The molecule has 0 rings (SSSR count). The Bertz CT molecular complexity index is 509. The van der Waals surface area contributed by atoms with Gasteiger partial charge in [-0.1, -0.05) is 34.1 Å². The second kappa shape index (κ2) is 11.5. The lowest BCUT2D eigenvalue weighted by Crippen LogP contribution is -2.55. The molecule has 150 valence electrons. The number of carboxylic acids is 2. The maximum absolute atomic E-state index is 12.4. The summed E-state index contributed by atoms with van der Waals surface area (Å²) < 4.78 is 0. The van der Waals surface area contributed by atoms with Gasteiger partial charge in [0.2, 0.25) is 11.8 Å². The van der Waals surface area contributed by atoms with Crippen molar-refractivity contribution in [2.75, 3.05) is 0 Å². The molecule has 0 aliphatic carbocycles. The summed E-state index contributed by atoms with van der Waals surface area (Å²) in [5, 5.41) is 23.0. The van der Waals surface area contributed by atoms with E-state index in [-0.39, 0.29) is 24.7 Å². The van der Waals surface area contributed by atoms with E-state index in [1.165, 1.54) is 0 Å². The Balaban J connectivity index is 5.15. The van der Waals surface area contributed by atoms with Crippen LogP contribution in [0.5, 0.6) is 0 Å². The molecule has 9 nitrogen and oxygen atoms in total. The van der Waals surface area contributed by atoms with Crippen molar-refractivity contribution in [3.63, 3.8) is 0 Å². The third-order valence-corrected chi connectivity index (χ3v) is 4.12. The molecule has 26 heavy (non-hydrogen) atoms. The van der Waals surface area contributed by atoms with Crippen molar-refractivity contribution in [1.82, 2.24) is 10.6 Å². The van der Waals surface area contributed by atoms with Gasteiger partial charge in [-0.2, -0.15) is 0 Å². The van der Waals surface area contributed by atoms with Gasteiger partial charge < -0.3 is 26.6 Å². The lowest BCUT2D eigenvalue weighted by molar-refractivity contribution is -0.144. The minimum absolute atomic E-state index is 0.159. The summed E-state index contributed by atoms with van der Waals surface area (Å²) in [6.07, 6.45) is 0.430. The highest BCUT2D eigenvalue weighted by Crippen LogP contribution is 2.10. The van der Waals surface area contributed by atoms with E-state index < -0.39 is 41.9 Å². The summed E-state index contributed by atoms with van der Waals surface area (Å²) in [7, 11) is 0. The molecule has 9 heteroatoms. The smallest absolute Gasteiger partial charge is 0.326 e. The topological polar surface area (TPSA) is 159 Å². The molecular weight excluding hydrogens is 342 g/mol. The Morgan fingerprint density at radius 3 is 2.00 bits per heavy atom. The Morgan fingerprint density at radius 1 is 1.00 bits per heavy atom. The zero-order valence-corrected chi connectivity index (χ0v) is 15.8. The van der Waals surface area contributed by atoms with Crippen molar-refractivity contribution in [3.8, 4) is 0 Å². The number of nitrogens with one attached hydrogen (secondary N) is 2. The Labute approximate surface area is 153 Å². The molecule has 0 saturated carbocycles. The van der Waals surface area contributed by atoms with Crippen LogP contribution in [0.2, 0.25) is 0 Å². The highest BCUT2D eigenvalue weighted by molar-refractivity contribution is 5.92. The predicted molar refractivity (Wildman–Crippen MR) is 95.3 cm³/mol. The molecule has 0 aliphatic heterocycles. The molecule has 0 radical (unpaired) electrons. The first-order valence-electron chi connectivity index (χ1n) is 8.80. The zero-order valence-electron chi connectivity index (χ0n) is 15.8. The standard InChI is InChI=1S/C17H31N3O6/c1-5-10(4)14(17(25)26)20-16(24)12(6-7-13(21)22)19-15(23)11(18)8-9(2)3/h9-12,14H,5-8,18H2,1-4H3,(H,19,23)(H,20,24)(H,21,22)(H,25,26). The number of nitrogens with two attached hydrogens (primary N) is 1. The second-order valence-electron chi connectivity index (χ2n) is 6.94. The van der Waals surface area contributed by atoms with Crippen molar-refractivity contribution in [2.45, 2.75) is 71.5 Å². The van der Waals surface area contributed by atoms with Gasteiger partial charge in [0, 0.05) is 6.42 Å². The van der Waals surface area contributed by atoms with Gasteiger partial charge in [0.1, 0.15) is 12.1 Å². The molecule has 0 spiro atoms. The van der Waals surface area contributed by atoms with E-state index in [0.29, 0.717) is 12.8 Å². The van der Waals surface area contributed by atoms with Crippen LogP contribution in [0, 0.1) is 11.8 Å². The van der Waals surface area contributed by atoms with Gasteiger partial charge in [-0.15, -0.1) is 0 Å². The van der Waals surface area contributed by atoms with E-state index in [1.54, 1.807) is 13.8 Å². The fourth-order valence-corrected chi connectivity index (χ4v) is 2.37. The molecule has 4 atom stereocenters. The molecule has 4 unspecified atom stereocenters. The van der Waals surface area contributed by atoms with Crippen LogP contribution in [0.4, 0.5) is 0 Å². The quantitative estimate of drug-likeness (QED) is 0.329. The Hall–Kier alpha value is -2.16. The van der Waals surface area contributed by atoms with Crippen molar-refractivity contribution < 1.29 is 29.4 Å². The molecule has 0 bridgehead atoms. The minimum Gasteiger partial charge on any atom is -0.481 e. The fourth-order valence-electron chi connectivity index (χ4n) is 2.37. The number of hydrogen-bond acceptors (Lipinski definition) is 5. The maximum atomic E-state index is 12.4. The van der Waals surface area contributed by atoms with Crippen molar-refractivity contribution in [3.05, 3.63) is 0 Å². The van der Waals surface area contributed by atoms with Gasteiger partial charge in [-0.3, -0.25) is 14.4 Å². The minimum atomic E-state index is -1.19. The summed E-state index contributed by atoms with van der Waals surface area (Å²) in [6, 6.07) is -3.12. The molecule has 0 saturated heterocycles. The highest BCUT2D eigenvalue weighted by Gasteiger charge is 2.30. The van der Waals surface area contributed by atoms with E-state index in [9.17, 15) is 24.3 Å². The summed E-state index contributed by atoms with van der Waals surface area (Å²) in [5.41, 5.74) is 5.79. The van der Waals surface area contributed by atoms with E-state index in [1.807, 2.05) is 13.8 Å². The number of rotatable bonds is 12. The van der Waals surface area contributed by atoms with Crippen molar-refractivity contribution in [2.24, 2.45) is 17.6 Å². The number of carboxylic acid groups (broad SMARTS) is 2. The van der Waals surface area contributed by atoms with Crippen LogP contribution in [0.15, 0.2) is 0 Å². The van der Waals surface area contributed by atoms with E-state index >= 15 is 0 Å². The van der Waals surface area contributed by atoms with E-state index in [4.69, 9.17) is 10.8 Å². The van der Waals surface area contributed by atoms with Crippen LogP contribution in [0.25, 0.3) is 0 Å². The molecule has 6 N–H and O–H groups in total. The summed E-state index contributed by atoms with van der Waals surface area (Å²) in [5.74, 6) is -3.77. The molecule has 0 aromatic carbocycles. The predicted octanol–water partition coefficient (Wildman–Crippen LogP) is 0.325. The van der Waals surface area contributed by atoms with Crippen LogP contribution < -0.4 is 16.4 Å². The zero-order chi connectivity index (χ0) is 20.4. The van der Waals surface area contributed by atoms with Crippen molar-refractivity contribution in [1.29, 1.82) is 0 Å². The average molecular weight is 373 g/mol. The monoisotopic (exact) mass is 373 g/mol. The SMILES string of the molecule is CCC(C)C(NC(=O)C(CCC(=O)O)NC(=O)C(N)CC(C)C)C(=O)O. The lowest BCUT2D eigenvalue weighted by Gasteiger charge is -2.25. The van der Waals surface area contributed by atoms with Crippen molar-refractivity contribution >= 4 is 23.8 Å². The highest BCUT2D eigenvalue weighted by atomic mass is 16.4. The van der Waals surface area contributed by atoms with Gasteiger partial charge in [-0.05, 0) is 24.7 Å². The first-order valence-corrected chi connectivity index (χ1v) is 8.80. The first-order chi connectivity index (χ1) is 12.0. The molecule has 0 fully saturated rings. The molecule has 2 amide bonds. The number of amides is 2. The van der Waals surface area contributed by atoms with Gasteiger partial charge >= 0.3 is 11.9 Å². The van der Waals surface area contributed by atoms with Gasteiger partial charge in [-0.25, -0.2) is 4.79 Å². The fraction of sp³-hybridized carbons (Fsp3) is 0.765. The van der Waals surface area contributed by atoms with Crippen LogP contribution in [0.1, 0.15) is 53.4 Å². The molecule has 0 heterocycles. The van der Waals surface area contributed by atoms with Gasteiger partial charge in [0.25, 0.3) is 0 Å². The number of carbonyl (C=O) groups is 4. The number of carbonyl (C=O) groups excluding carboxylic acids is 2. The largest absolute Gasteiger partial charge is 0.481 e. The second-order valence-corrected chi connectivity index (χ2v) is 6.94. The third kappa shape index (κ3) is 8.80. The number of aliphatic carboxylic acids is 2. The maximum Gasteiger partial charge on any atom is 0.326 e. The summed E-state index contributed by atoms with van der Waals surface area (Å²) >= 11 is 0. The Kier molecular flexibility index (Phi) is 10.5. The first kappa shape index (κ1) is 23.8. The average Bonchev–Trinajstić information content (AvgIpc) is 2.53. The van der Waals surface area contributed by atoms with Gasteiger partial charge in [0.05, 0.1) is 6.04 Å². The summed E-state index contributed by atoms with van der Waals surface area (Å²) in [4.78, 5) is 46.8. The molecule has 0 aromatic heterocycles. The van der Waals surface area contributed by atoms with E-state index in [0.717, 1.165) is 0 Å². The number of hydrogen-bond donors (Lipinski definition) is 5. The van der Waals surface area contributed by atoms with Crippen LogP contribution >= 0.6 is 0 Å². The normalized spacial score (nSPS) is 15.6. The summed E-state index contributed by atoms with van der Waals surface area (Å²) in [6.45, 7) is 7.26. The molecule has 0 aliphatic rings. The van der Waals surface area contributed by atoms with Crippen LogP contribution in [0.3, 0.4) is 0 Å². The third-order valence-electron chi connectivity index (χ3n) is 4.12. The molecular formula is C17H31N3O6. The van der Waals surface area contributed by atoms with Crippen LogP contribution in [-0.2, 0) is 19.2 Å².